The van der Waals surface area contributed by atoms with Gasteiger partial charge in [0.25, 0.3) is 5.91 Å². The summed E-state index contributed by atoms with van der Waals surface area (Å²) in [6, 6.07) is 5.30. The van der Waals surface area contributed by atoms with E-state index in [1.165, 1.54) is 0 Å². The van der Waals surface area contributed by atoms with Crippen molar-refractivity contribution in [3.05, 3.63) is 34.3 Å². The van der Waals surface area contributed by atoms with Gasteiger partial charge in [0.15, 0.2) is 0 Å². The number of nitrogens with one attached hydrogen (secondary N) is 1. The van der Waals surface area contributed by atoms with E-state index in [0.29, 0.717) is 16.5 Å². The van der Waals surface area contributed by atoms with Gasteiger partial charge in [-0.15, -0.1) is 11.6 Å². The summed E-state index contributed by atoms with van der Waals surface area (Å²) in [6.45, 7) is 5.84. The first kappa shape index (κ1) is 14.3. The third kappa shape index (κ3) is 3.90. The molecule has 0 saturated heterocycles. The van der Waals surface area contributed by atoms with Crippen molar-refractivity contribution in [2.45, 2.75) is 26.8 Å². The number of hydrogen-bond donors (Lipinski definition) is 1. The average Bonchev–Trinajstić information content (AvgIpc) is 2.31. The van der Waals surface area contributed by atoms with Crippen molar-refractivity contribution in [2.24, 2.45) is 5.92 Å². The molecule has 94 valence electrons. The topological polar surface area (TPSA) is 29.1 Å². The van der Waals surface area contributed by atoms with Crippen LogP contribution in [0, 0.1) is 12.8 Å². The summed E-state index contributed by atoms with van der Waals surface area (Å²) in [5.74, 6) is 0.685. The molecule has 1 rings (SSSR count). The second-order valence-electron chi connectivity index (χ2n) is 4.36. The van der Waals surface area contributed by atoms with Gasteiger partial charge >= 0.3 is 0 Å². The quantitative estimate of drug-likeness (QED) is 0.834. The van der Waals surface area contributed by atoms with E-state index in [1.54, 1.807) is 18.2 Å². The Hall–Kier alpha value is -0.730. The Kier molecular flexibility index (Phi) is 5.29. The lowest BCUT2D eigenvalue weighted by molar-refractivity contribution is 0.0931. The third-order valence-electron chi connectivity index (χ3n) is 2.88. The number of halogens is 2. The normalized spacial score (nSPS) is 14.2. The molecule has 0 aliphatic rings. The number of hydrogen-bond acceptors (Lipinski definition) is 1. The number of amides is 1. The molecule has 0 radical (unpaired) electrons. The number of rotatable bonds is 4. The van der Waals surface area contributed by atoms with E-state index in [-0.39, 0.29) is 17.9 Å². The average molecular weight is 274 g/mol. The summed E-state index contributed by atoms with van der Waals surface area (Å²) in [6.07, 6.45) is 0. The van der Waals surface area contributed by atoms with E-state index >= 15 is 0 Å². The highest BCUT2D eigenvalue weighted by atomic mass is 35.5. The molecule has 0 aliphatic carbocycles. The monoisotopic (exact) mass is 273 g/mol. The number of carbonyl (C=O) groups is 1. The molecule has 0 aromatic heterocycles. The highest BCUT2D eigenvalue weighted by Gasteiger charge is 2.15. The van der Waals surface area contributed by atoms with Crippen LogP contribution >= 0.6 is 23.2 Å². The first-order chi connectivity index (χ1) is 7.95. The van der Waals surface area contributed by atoms with Crippen LogP contribution in [0.4, 0.5) is 0 Å². The van der Waals surface area contributed by atoms with Crippen molar-refractivity contribution in [1.29, 1.82) is 0 Å². The number of aryl methyl sites for hydroxylation is 1. The van der Waals surface area contributed by atoms with Crippen LogP contribution in [0.2, 0.25) is 5.02 Å². The van der Waals surface area contributed by atoms with Crippen LogP contribution in [-0.4, -0.2) is 17.8 Å². The molecule has 1 aromatic carbocycles. The largest absolute Gasteiger partial charge is 0.349 e. The molecule has 0 bridgehead atoms. The van der Waals surface area contributed by atoms with E-state index in [0.717, 1.165) is 5.56 Å². The standard InChI is InChI=1S/C13H17Cl2NO/c1-8-6-11(4-5-12(8)15)13(17)16-10(3)9(2)7-14/h4-6,9-10H,7H2,1-3H3,(H,16,17). The van der Waals surface area contributed by atoms with Gasteiger partial charge in [0.2, 0.25) is 0 Å². The van der Waals surface area contributed by atoms with Crippen molar-refractivity contribution in [2.75, 3.05) is 5.88 Å². The van der Waals surface area contributed by atoms with Crippen molar-refractivity contribution < 1.29 is 4.79 Å². The Labute approximate surface area is 112 Å². The van der Waals surface area contributed by atoms with Crippen molar-refractivity contribution in [1.82, 2.24) is 5.32 Å². The van der Waals surface area contributed by atoms with Crippen LogP contribution in [0.1, 0.15) is 29.8 Å². The molecular formula is C13H17Cl2NO. The zero-order valence-corrected chi connectivity index (χ0v) is 11.8. The van der Waals surface area contributed by atoms with Crippen molar-refractivity contribution >= 4 is 29.1 Å². The van der Waals surface area contributed by atoms with Gasteiger partial charge in [-0.25, -0.2) is 0 Å². The number of alkyl halides is 1. The maximum Gasteiger partial charge on any atom is 0.251 e. The Balaban J connectivity index is 2.73. The second kappa shape index (κ2) is 6.27. The Bertz CT molecular complexity index is 406. The first-order valence-electron chi connectivity index (χ1n) is 5.58. The van der Waals surface area contributed by atoms with Crippen molar-refractivity contribution in [3.63, 3.8) is 0 Å². The fourth-order valence-corrected chi connectivity index (χ4v) is 1.74. The lowest BCUT2D eigenvalue weighted by atomic mass is 10.1. The van der Waals surface area contributed by atoms with Gasteiger partial charge in [0.1, 0.15) is 0 Å². The van der Waals surface area contributed by atoms with Crippen LogP contribution in [0.15, 0.2) is 18.2 Å². The van der Waals surface area contributed by atoms with Crippen LogP contribution in [0.25, 0.3) is 0 Å². The predicted octanol–water partition coefficient (Wildman–Crippen LogP) is 3.64. The minimum absolute atomic E-state index is 0.0518. The zero-order valence-electron chi connectivity index (χ0n) is 10.3. The second-order valence-corrected chi connectivity index (χ2v) is 5.07. The van der Waals surface area contributed by atoms with Gasteiger partial charge < -0.3 is 5.32 Å². The molecule has 1 amide bonds. The van der Waals surface area contributed by atoms with Gasteiger partial charge in [0, 0.05) is 22.5 Å². The van der Waals surface area contributed by atoms with Gasteiger partial charge in [0.05, 0.1) is 0 Å². The SMILES string of the molecule is Cc1cc(C(=O)NC(C)C(C)CCl)ccc1Cl. The fraction of sp³-hybridized carbons (Fsp3) is 0.462. The summed E-state index contributed by atoms with van der Waals surface area (Å²) in [5, 5.41) is 3.60. The van der Waals surface area contributed by atoms with E-state index in [4.69, 9.17) is 23.2 Å². The van der Waals surface area contributed by atoms with Gasteiger partial charge in [-0.2, -0.15) is 0 Å². The van der Waals surface area contributed by atoms with E-state index in [9.17, 15) is 4.79 Å². The Morgan fingerprint density at radius 3 is 2.59 bits per heavy atom. The molecule has 17 heavy (non-hydrogen) atoms. The highest BCUT2D eigenvalue weighted by molar-refractivity contribution is 6.31. The summed E-state index contributed by atoms with van der Waals surface area (Å²) >= 11 is 11.7. The lowest BCUT2D eigenvalue weighted by Gasteiger charge is -2.19. The van der Waals surface area contributed by atoms with Crippen LogP contribution in [0.3, 0.4) is 0 Å². The molecule has 4 heteroatoms. The molecule has 0 heterocycles. The summed E-state index contributed by atoms with van der Waals surface area (Å²) in [4.78, 5) is 11.9. The van der Waals surface area contributed by atoms with Crippen molar-refractivity contribution in [3.8, 4) is 0 Å². The van der Waals surface area contributed by atoms with E-state index in [1.807, 2.05) is 20.8 Å². The molecule has 2 unspecified atom stereocenters. The molecular weight excluding hydrogens is 257 g/mol. The summed E-state index contributed by atoms with van der Waals surface area (Å²) in [5.41, 5.74) is 1.53. The maximum atomic E-state index is 11.9. The predicted molar refractivity (Wildman–Crippen MR) is 73.0 cm³/mol. The summed E-state index contributed by atoms with van der Waals surface area (Å²) < 4.78 is 0. The molecule has 0 fully saturated rings. The van der Waals surface area contributed by atoms with Gasteiger partial charge in [-0.1, -0.05) is 18.5 Å². The summed E-state index contributed by atoms with van der Waals surface area (Å²) in [7, 11) is 0. The Morgan fingerprint density at radius 1 is 1.41 bits per heavy atom. The Morgan fingerprint density at radius 2 is 2.06 bits per heavy atom. The maximum absolute atomic E-state index is 11.9. The molecule has 2 nitrogen and oxygen atoms in total. The minimum atomic E-state index is -0.0887. The number of benzene rings is 1. The van der Waals surface area contributed by atoms with Crippen LogP contribution < -0.4 is 5.32 Å². The van der Waals surface area contributed by atoms with Crippen LogP contribution in [0.5, 0.6) is 0 Å². The first-order valence-corrected chi connectivity index (χ1v) is 6.50. The molecule has 0 spiro atoms. The van der Waals surface area contributed by atoms with Gasteiger partial charge in [-0.3, -0.25) is 4.79 Å². The van der Waals surface area contributed by atoms with Crippen LogP contribution in [-0.2, 0) is 0 Å². The molecule has 0 saturated carbocycles. The third-order valence-corrected chi connectivity index (χ3v) is 3.79. The van der Waals surface area contributed by atoms with Gasteiger partial charge in [-0.05, 0) is 43.5 Å². The lowest BCUT2D eigenvalue weighted by Crippen LogP contribution is -2.37. The fourth-order valence-electron chi connectivity index (χ4n) is 1.35. The molecule has 1 aromatic rings. The molecule has 1 N–H and O–H groups in total. The van der Waals surface area contributed by atoms with E-state index < -0.39 is 0 Å². The molecule has 2 atom stereocenters. The number of carbonyl (C=O) groups excluding carboxylic acids is 1. The smallest absolute Gasteiger partial charge is 0.251 e. The minimum Gasteiger partial charge on any atom is -0.349 e. The highest BCUT2D eigenvalue weighted by Crippen LogP contribution is 2.16. The zero-order chi connectivity index (χ0) is 13.0. The van der Waals surface area contributed by atoms with E-state index in [2.05, 4.69) is 5.32 Å². The molecule has 0 aliphatic heterocycles.